The summed E-state index contributed by atoms with van der Waals surface area (Å²) in [4.78, 5) is 15.4. The smallest absolute Gasteiger partial charge is 0.267 e. The third-order valence-corrected chi connectivity index (χ3v) is 7.99. The first-order valence-electron chi connectivity index (χ1n) is 11.2. The molecule has 0 aliphatic carbocycles. The van der Waals surface area contributed by atoms with Crippen molar-refractivity contribution in [1.82, 2.24) is 0 Å². The van der Waals surface area contributed by atoms with E-state index in [4.69, 9.17) is 21.1 Å². The van der Waals surface area contributed by atoms with Crippen LogP contribution in [0.1, 0.15) is 0 Å². The highest BCUT2D eigenvalue weighted by molar-refractivity contribution is 7.92. The Morgan fingerprint density at radius 2 is 1.63 bits per heavy atom. The third kappa shape index (κ3) is 4.93. The number of anilines is 3. The van der Waals surface area contributed by atoms with Crippen LogP contribution < -0.4 is 19.3 Å². The number of amides is 1. The van der Waals surface area contributed by atoms with Gasteiger partial charge in [0.1, 0.15) is 5.75 Å². The van der Waals surface area contributed by atoms with Crippen LogP contribution in [0, 0.1) is 0 Å². The van der Waals surface area contributed by atoms with Crippen molar-refractivity contribution in [3.8, 4) is 5.75 Å². The number of carbonyl (C=O) groups excluding carboxylic acids is 1. The number of nitrogens with zero attached hydrogens (tertiary/aromatic N) is 2. The first kappa shape index (κ1) is 23.5. The lowest BCUT2D eigenvalue weighted by Crippen LogP contribution is -2.48. The number of fused-ring (bicyclic) bond motifs is 1. The van der Waals surface area contributed by atoms with Crippen LogP contribution in [0.4, 0.5) is 17.1 Å². The van der Waals surface area contributed by atoms with Crippen LogP contribution >= 0.6 is 11.6 Å². The highest BCUT2D eigenvalue weighted by Gasteiger charge is 2.37. The molecule has 1 amide bonds. The van der Waals surface area contributed by atoms with E-state index in [0.717, 1.165) is 18.8 Å². The zero-order chi connectivity index (χ0) is 24.4. The van der Waals surface area contributed by atoms with Crippen LogP contribution in [-0.4, -0.2) is 53.3 Å². The van der Waals surface area contributed by atoms with Crippen molar-refractivity contribution in [1.29, 1.82) is 0 Å². The minimum Gasteiger partial charge on any atom is -0.476 e. The molecule has 0 spiro atoms. The zero-order valence-electron chi connectivity index (χ0n) is 18.8. The normalized spacial score (nSPS) is 17.9. The van der Waals surface area contributed by atoms with Gasteiger partial charge in [0.2, 0.25) is 0 Å². The van der Waals surface area contributed by atoms with Gasteiger partial charge in [-0.1, -0.05) is 23.7 Å². The van der Waals surface area contributed by atoms with Crippen LogP contribution in [0.2, 0.25) is 5.02 Å². The fraction of sp³-hybridized carbons (Fsp3) is 0.240. The lowest BCUT2D eigenvalue weighted by molar-refractivity contribution is -0.122. The average Bonchev–Trinajstić information content (AvgIpc) is 2.89. The largest absolute Gasteiger partial charge is 0.476 e. The zero-order valence-corrected chi connectivity index (χ0v) is 20.3. The summed E-state index contributed by atoms with van der Waals surface area (Å²) in [5.74, 6) is -0.117. The van der Waals surface area contributed by atoms with Crippen LogP contribution in [0.3, 0.4) is 0 Å². The maximum atomic E-state index is 13.5. The number of hydrogen-bond acceptors (Lipinski definition) is 6. The molecule has 0 saturated carbocycles. The van der Waals surface area contributed by atoms with Gasteiger partial charge in [-0.05, 0) is 60.7 Å². The van der Waals surface area contributed by atoms with E-state index in [1.165, 1.54) is 28.6 Å². The van der Waals surface area contributed by atoms with Gasteiger partial charge in [-0.25, -0.2) is 8.42 Å². The summed E-state index contributed by atoms with van der Waals surface area (Å²) < 4.78 is 39.4. The van der Waals surface area contributed by atoms with E-state index in [2.05, 4.69) is 10.2 Å². The lowest BCUT2D eigenvalue weighted by Gasteiger charge is -2.34. The second kappa shape index (κ2) is 9.77. The summed E-state index contributed by atoms with van der Waals surface area (Å²) in [6, 6.07) is 20.2. The molecule has 2 aliphatic rings. The Morgan fingerprint density at radius 3 is 2.34 bits per heavy atom. The predicted molar refractivity (Wildman–Crippen MR) is 135 cm³/mol. The van der Waals surface area contributed by atoms with Gasteiger partial charge < -0.3 is 19.7 Å². The topological polar surface area (TPSA) is 88.2 Å². The molecule has 0 aromatic heterocycles. The highest BCUT2D eigenvalue weighted by Crippen LogP contribution is 2.37. The van der Waals surface area contributed by atoms with E-state index in [-0.39, 0.29) is 11.4 Å². The number of morpholine rings is 1. The number of sulfonamides is 1. The van der Waals surface area contributed by atoms with E-state index < -0.39 is 22.0 Å². The summed E-state index contributed by atoms with van der Waals surface area (Å²) >= 11 is 5.93. The molecule has 182 valence electrons. The molecule has 1 fully saturated rings. The molecule has 1 saturated heterocycles. The molecule has 2 heterocycles. The minimum atomic E-state index is -3.95. The van der Waals surface area contributed by atoms with Crippen LogP contribution in [0.25, 0.3) is 0 Å². The summed E-state index contributed by atoms with van der Waals surface area (Å²) in [6.45, 7) is 2.85. The SMILES string of the molecule is O=C(Nc1ccc(N2CCOCC2)cc1)C1CN(S(=O)(=O)c2ccc(Cl)cc2)c2ccccc2O1. The van der Waals surface area contributed by atoms with E-state index in [1.54, 1.807) is 24.3 Å². The number of ether oxygens (including phenoxy) is 2. The molecule has 8 nitrogen and oxygen atoms in total. The van der Waals surface area contributed by atoms with Gasteiger partial charge in [-0.15, -0.1) is 0 Å². The highest BCUT2D eigenvalue weighted by atomic mass is 35.5. The van der Waals surface area contributed by atoms with Gasteiger partial charge in [0.25, 0.3) is 15.9 Å². The van der Waals surface area contributed by atoms with E-state index in [1.807, 2.05) is 24.3 Å². The molecular weight excluding hydrogens is 490 g/mol. The third-order valence-electron chi connectivity index (χ3n) is 5.94. The monoisotopic (exact) mass is 513 g/mol. The second-order valence-electron chi connectivity index (χ2n) is 8.20. The van der Waals surface area contributed by atoms with Gasteiger partial charge in [-0.3, -0.25) is 9.10 Å². The van der Waals surface area contributed by atoms with E-state index >= 15 is 0 Å². The number of carbonyl (C=O) groups is 1. The maximum absolute atomic E-state index is 13.5. The summed E-state index contributed by atoms with van der Waals surface area (Å²) in [6.07, 6.45) is -1.04. The standard InChI is InChI=1S/C25H24ClN3O5S/c26-18-5-11-21(12-6-18)35(31,32)29-17-24(34-23-4-2-1-3-22(23)29)25(30)27-19-7-9-20(10-8-19)28-13-15-33-16-14-28/h1-12,24H,13-17H2,(H,27,30). The molecule has 3 aromatic carbocycles. The van der Waals surface area contributed by atoms with Gasteiger partial charge in [0.15, 0.2) is 6.10 Å². The average molecular weight is 514 g/mol. The lowest BCUT2D eigenvalue weighted by atomic mass is 10.2. The summed E-state index contributed by atoms with van der Waals surface area (Å²) in [5.41, 5.74) is 2.03. The Morgan fingerprint density at radius 1 is 0.943 bits per heavy atom. The number of halogens is 1. The van der Waals surface area contributed by atoms with Crippen molar-refractivity contribution >= 4 is 44.6 Å². The Kier molecular flexibility index (Phi) is 6.55. The number of rotatable bonds is 5. The molecular formula is C25H24ClN3O5S. The molecule has 1 N–H and O–H groups in total. The Bertz CT molecular complexity index is 1310. The molecule has 1 atom stereocenters. The van der Waals surface area contributed by atoms with Crippen molar-refractivity contribution in [2.45, 2.75) is 11.0 Å². The Hall–Kier alpha value is -3.27. The van der Waals surface area contributed by atoms with Gasteiger partial charge in [-0.2, -0.15) is 0 Å². The fourth-order valence-electron chi connectivity index (χ4n) is 4.10. The molecule has 3 aromatic rings. The second-order valence-corrected chi connectivity index (χ2v) is 10.5. The van der Waals surface area contributed by atoms with Crippen LogP contribution in [0.5, 0.6) is 5.75 Å². The number of para-hydroxylation sites is 2. The van der Waals surface area contributed by atoms with Gasteiger partial charge in [0, 0.05) is 29.5 Å². The van der Waals surface area contributed by atoms with Crippen molar-refractivity contribution in [3.63, 3.8) is 0 Å². The van der Waals surface area contributed by atoms with Crippen molar-refractivity contribution in [2.75, 3.05) is 47.4 Å². The molecule has 0 bridgehead atoms. The quantitative estimate of drug-likeness (QED) is 0.559. The molecule has 0 radical (unpaired) electrons. The number of nitrogens with one attached hydrogen (secondary N) is 1. The first-order chi connectivity index (χ1) is 16.9. The number of hydrogen-bond donors (Lipinski definition) is 1. The Labute approximate surface area is 209 Å². The van der Waals surface area contributed by atoms with Crippen LogP contribution in [0.15, 0.2) is 77.7 Å². The molecule has 35 heavy (non-hydrogen) atoms. The molecule has 10 heteroatoms. The molecule has 1 unspecified atom stereocenters. The van der Waals surface area contributed by atoms with Crippen molar-refractivity contribution in [3.05, 3.63) is 77.8 Å². The molecule has 5 rings (SSSR count). The van der Waals surface area contributed by atoms with Gasteiger partial charge in [0.05, 0.1) is 30.3 Å². The molecule has 2 aliphatic heterocycles. The van der Waals surface area contributed by atoms with Crippen LogP contribution in [-0.2, 0) is 19.6 Å². The van der Waals surface area contributed by atoms with Crippen molar-refractivity contribution < 1.29 is 22.7 Å². The van der Waals surface area contributed by atoms with E-state index in [0.29, 0.717) is 35.4 Å². The first-order valence-corrected chi connectivity index (χ1v) is 13.0. The summed E-state index contributed by atoms with van der Waals surface area (Å²) in [5, 5.41) is 3.28. The predicted octanol–water partition coefficient (Wildman–Crippen LogP) is 3.77. The minimum absolute atomic E-state index is 0.0801. The maximum Gasteiger partial charge on any atom is 0.267 e. The Balaban J connectivity index is 1.36. The van der Waals surface area contributed by atoms with Gasteiger partial charge >= 0.3 is 0 Å². The van der Waals surface area contributed by atoms with Crippen molar-refractivity contribution in [2.24, 2.45) is 0 Å². The summed E-state index contributed by atoms with van der Waals surface area (Å²) in [7, 11) is -3.95. The van der Waals surface area contributed by atoms with E-state index in [9.17, 15) is 13.2 Å². The number of benzene rings is 3. The fourth-order valence-corrected chi connectivity index (χ4v) is 5.70.